The largest absolute Gasteiger partial charge is 0.355 e. The van der Waals surface area contributed by atoms with Gasteiger partial charge in [0.25, 0.3) is 5.91 Å². The number of amides is 1. The van der Waals surface area contributed by atoms with Crippen molar-refractivity contribution in [2.75, 3.05) is 6.54 Å². The Labute approximate surface area is 165 Å². The van der Waals surface area contributed by atoms with Gasteiger partial charge >= 0.3 is 0 Å². The number of carbonyl (C=O) groups excluding carboxylic acids is 1. The molecule has 0 spiro atoms. The van der Waals surface area contributed by atoms with Crippen molar-refractivity contribution in [2.45, 2.75) is 19.9 Å². The Hall–Kier alpha value is -3.55. The second-order valence-corrected chi connectivity index (χ2v) is 6.64. The van der Waals surface area contributed by atoms with Gasteiger partial charge in [0.1, 0.15) is 0 Å². The first-order chi connectivity index (χ1) is 14.0. The van der Waals surface area contributed by atoms with Crippen LogP contribution in [0.1, 0.15) is 22.6 Å². The summed E-state index contributed by atoms with van der Waals surface area (Å²) < 4.78 is 33.4. The molecule has 1 N–H and O–H groups in total. The van der Waals surface area contributed by atoms with Gasteiger partial charge in [0.15, 0.2) is 23.1 Å². The number of hydrogen-bond donors (Lipinski definition) is 1. The van der Waals surface area contributed by atoms with Crippen molar-refractivity contribution >= 4 is 16.8 Å². The average Bonchev–Trinajstić information content (AvgIpc) is 3.33. The summed E-state index contributed by atoms with van der Waals surface area (Å²) in [7, 11) is 0. The molecule has 8 heteroatoms. The SMILES string of the molecule is Cc1c2ccccc2nn1CCCNC(=O)c1cc(-c2ccc(F)c(F)c2)on1. The minimum atomic E-state index is -0.994. The maximum Gasteiger partial charge on any atom is 0.273 e. The molecule has 4 rings (SSSR count). The van der Waals surface area contributed by atoms with Crippen LogP contribution in [-0.2, 0) is 6.54 Å². The lowest BCUT2D eigenvalue weighted by Gasteiger charge is -2.05. The van der Waals surface area contributed by atoms with Crippen LogP contribution in [0.4, 0.5) is 8.78 Å². The highest BCUT2D eigenvalue weighted by atomic mass is 19.2. The topological polar surface area (TPSA) is 73.0 Å². The second kappa shape index (κ2) is 7.83. The number of benzene rings is 2. The van der Waals surface area contributed by atoms with Crippen molar-refractivity contribution in [3.63, 3.8) is 0 Å². The summed E-state index contributed by atoms with van der Waals surface area (Å²) in [6.45, 7) is 3.12. The molecule has 0 fully saturated rings. The zero-order valence-corrected chi connectivity index (χ0v) is 15.7. The molecule has 0 aliphatic heterocycles. The Morgan fingerprint density at radius 1 is 1.14 bits per heavy atom. The summed E-state index contributed by atoms with van der Waals surface area (Å²) in [4.78, 5) is 12.2. The molecule has 1 amide bonds. The van der Waals surface area contributed by atoms with Gasteiger partial charge in [0.05, 0.1) is 5.52 Å². The Kier molecular flexibility index (Phi) is 5.07. The molecule has 0 aliphatic rings. The summed E-state index contributed by atoms with van der Waals surface area (Å²) in [6.07, 6.45) is 0.689. The second-order valence-electron chi connectivity index (χ2n) is 6.64. The predicted molar refractivity (Wildman–Crippen MR) is 103 cm³/mol. The molecule has 148 valence electrons. The summed E-state index contributed by atoms with van der Waals surface area (Å²) >= 11 is 0. The van der Waals surface area contributed by atoms with Crippen LogP contribution in [0, 0.1) is 18.6 Å². The number of nitrogens with zero attached hydrogens (tertiary/aromatic N) is 3. The number of halogens is 2. The van der Waals surface area contributed by atoms with Crippen molar-refractivity contribution in [3.8, 4) is 11.3 Å². The van der Waals surface area contributed by atoms with Crippen LogP contribution >= 0.6 is 0 Å². The lowest BCUT2D eigenvalue weighted by atomic mass is 10.1. The number of fused-ring (bicyclic) bond motifs is 1. The first-order valence-corrected chi connectivity index (χ1v) is 9.15. The third kappa shape index (κ3) is 3.87. The molecule has 29 heavy (non-hydrogen) atoms. The molecule has 0 aliphatic carbocycles. The Balaban J connectivity index is 1.33. The minimum Gasteiger partial charge on any atom is -0.355 e. The molecule has 2 aromatic carbocycles. The summed E-state index contributed by atoms with van der Waals surface area (Å²) in [5, 5.41) is 12.1. The molecule has 2 heterocycles. The van der Waals surface area contributed by atoms with E-state index in [2.05, 4.69) is 15.6 Å². The molecule has 0 saturated heterocycles. The lowest BCUT2D eigenvalue weighted by Crippen LogP contribution is -2.25. The average molecular weight is 396 g/mol. The van der Waals surface area contributed by atoms with Crippen LogP contribution in [0.3, 0.4) is 0 Å². The molecular weight excluding hydrogens is 378 g/mol. The number of aromatic nitrogens is 3. The van der Waals surface area contributed by atoms with Crippen molar-refractivity contribution in [1.29, 1.82) is 0 Å². The van der Waals surface area contributed by atoms with E-state index < -0.39 is 17.5 Å². The van der Waals surface area contributed by atoms with E-state index in [9.17, 15) is 13.6 Å². The van der Waals surface area contributed by atoms with Crippen molar-refractivity contribution in [2.24, 2.45) is 0 Å². The fourth-order valence-corrected chi connectivity index (χ4v) is 3.12. The maximum atomic E-state index is 13.3. The quantitative estimate of drug-likeness (QED) is 0.498. The van der Waals surface area contributed by atoms with Gasteiger partial charge in [-0.1, -0.05) is 23.4 Å². The van der Waals surface area contributed by atoms with Crippen molar-refractivity contribution < 1.29 is 18.1 Å². The van der Waals surface area contributed by atoms with Crippen LogP contribution in [0.15, 0.2) is 53.1 Å². The van der Waals surface area contributed by atoms with Crippen LogP contribution in [0.5, 0.6) is 0 Å². The number of carbonyl (C=O) groups is 1. The van der Waals surface area contributed by atoms with Gasteiger partial charge in [-0.2, -0.15) is 5.10 Å². The van der Waals surface area contributed by atoms with Gasteiger partial charge in [-0.15, -0.1) is 0 Å². The van der Waals surface area contributed by atoms with E-state index in [0.29, 0.717) is 25.1 Å². The predicted octanol–water partition coefficient (Wildman–Crippen LogP) is 4.10. The Morgan fingerprint density at radius 3 is 2.76 bits per heavy atom. The Bertz CT molecular complexity index is 1180. The highest BCUT2D eigenvalue weighted by molar-refractivity contribution is 5.93. The van der Waals surface area contributed by atoms with Crippen LogP contribution < -0.4 is 5.32 Å². The van der Waals surface area contributed by atoms with Crippen LogP contribution in [0.25, 0.3) is 22.2 Å². The van der Waals surface area contributed by atoms with Gasteiger partial charge in [-0.25, -0.2) is 8.78 Å². The zero-order valence-electron chi connectivity index (χ0n) is 15.7. The molecule has 0 unspecified atom stereocenters. The normalized spacial score (nSPS) is 11.1. The van der Waals surface area contributed by atoms with E-state index in [1.54, 1.807) is 0 Å². The summed E-state index contributed by atoms with van der Waals surface area (Å²) in [5.41, 5.74) is 2.41. The van der Waals surface area contributed by atoms with E-state index in [4.69, 9.17) is 4.52 Å². The molecular formula is C21H18F2N4O2. The molecule has 0 saturated carbocycles. The number of hydrogen-bond acceptors (Lipinski definition) is 4. The molecule has 0 radical (unpaired) electrons. The summed E-state index contributed by atoms with van der Waals surface area (Å²) in [6, 6.07) is 12.7. The van der Waals surface area contributed by atoms with E-state index >= 15 is 0 Å². The fourth-order valence-electron chi connectivity index (χ4n) is 3.12. The third-order valence-corrected chi connectivity index (χ3v) is 4.69. The molecule has 4 aromatic rings. The molecule has 6 nitrogen and oxygen atoms in total. The van der Waals surface area contributed by atoms with Gasteiger partial charge in [-0.3, -0.25) is 9.48 Å². The fraction of sp³-hybridized carbons (Fsp3) is 0.190. The first-order valence-electron chi connectivity index (χ1n) is 9.15. The molecule has 0 atom stereocenters. The maximum absolute atomic E-state index is 13.3. The first kappa shape index (κ1) is 18.8. The van der Waals surface area contributed by atoms with Gasteiger partial charge in [0.2, 0.25) is 0 Å². The van der Waals surface area contributed by atoms with Crippen LogP contribution in [0.2, 0.25) is 0 Å². The van der Waals surface area contributed by atoms with E-state index in [1.165, 1.54) is 12.1 Å². The highest BCUT2D eigenvalue weighted by Gasteiger charge is 2.15. The van der Waals surface area contributed by atoms with Crippen LogP contribution in [-0.4, -0.2) is 27.4 Å². The zero-order chi connectivity index (χ0) is 20.4. The smallest absolute Gasteiger partial charge is 0.273 e. The van der Waals surface area contributed by atoms with E-state index in [-0.39, 0.29) is 11.5 Å². The van der Waals surface area contributed by atoms with Gasteiger partial charge in [-0.05, 0) is 37.6 Å². The summed E-state index contributed by atoms with van der Waals surface area (Å²) in [5.74, 6) is -2.16. The van der Waals surface area contributed by atoms with E-state index in [0.717, 1.165) is 28.7 Å². The third-order valence-electron chi connectivity index (χ3n) is 4.69. The Morgan fingerprint density at radius 2 is 1.97 bits per heavy atom. The molecule has 0 bridgehead atoms. The monoisotopic (exact) mass is 396 g/mol. The van der Waals surface area contributed by atoms with E-state index in [1.807, 2.05) is 35.9 Å². The van der Waals surface area contributed by atoms with Crippen molar-refractivity contribution in [3.05, 3.63) is 71.6 Å². The highest BCUT2D eigenvalue weighted by Crippen LogP contribution is 2.22. The van der Waals surface area contributed by atoms with Crippen molar-refractivity contribution in [1.82, 2.24) is 20.3 Å². The minimum absolute atomic E-state index is 0.0748. The number of nitrogens with one attached hydrogen (secondary N) is 1. The number of rotatable bonds is 6. The van der Waals surface area contributed by atoms with Gasteiger partial charge < -0.3 is 9.84 Å². The van der Waals surface area contributed by atoms with Gasteiger partial charge in [0, 0.05) is 35.8 Å². The standard InChI is InChI=1S/C21H18F2N4O2/c1-13-15-5-2-3-6-18(15)25-27(13)10-4-9-24-21(28)19-12-20(29-26-19)14-7-8-16(22)17(23)11-14/h2-3,5-8,11-12H,4,9-10H2,1H3,(H,24,28). The lowest BCUT2D eigenvalue weighted by molar-refractivity contribution is 0.0943. The number of aryl methyl sites for hydroxylation is 2. The molecule has 2 aromatic heterocycles.